The van der Waals surface area contributed by atoms with Crippen LogP contribution in [-0.4, -0.2) is 28.8 Å². The molecule has 0 aliphatic carbocycles. The first-order valence-electron chi connectivity index (χ1n) is 9.90. The molecule has 2 aromatic carbocycles. The van der Waals surface area contributed by atoms with E-state index in [1.54, 1.807) is 6.20 Å². The summed E-state index contributed by atoms with van der Waals surface area (Å²) in [6.07, 6.45) is 2.53. The molecule has 156 valence electrons. The van der Waals surface area contributed by atoms with Crippen molar-refractivity contribution in [1.29, 1.82) is 0 Å². The summed E-state index contributed by atoms with van der Waals surface area (Å²) >= 11 is 0. The molecule has 0 spiro atoms. The van der Waals surface area contributed by atoms with Gasteiger partial charge in [0.05, 0.1) is 12.5 Å². The van der Waals surface area contributed by atoms with Gasteiger partial charge in [0.2, 0.25) is 5.91 Å². The molecule has 0 aromatic heterocycles. The third kappa shape index (κ3) is 4.76. The van der Waals surface area contributed by atoms with Gasteiger partial charge in [0, 0.05) is 18.8 Å². The molecular weight excluding hydrogens is 380 g/mol. The topological polar surface area (TPSA) is 75.7 Å². The van der Waals surface area contributed by atoms with Crippen molar-refractivity contribution in [2.75, 3.05) is 5.32 Å². The molecule has 30 heavy (non-hydrogen) atoms. The number of nitrogens with one attached hydrogen (secondary N) is 1. The second-order valence-corrected chi connectivity index (χ2v) is 7.53. The van der Waals surface area contributed by atoms with Crippen LogP contribution in [0, 0.1) is 13.8 Å². The van der Waals surface area contributed by atoms with E-state index >= 15 is 0 Å². The highest BCUT2D eigenvalue weighted by atomic mass is 16.5. The first kappa shape index (κ1) is 21.3. The summed E-state index contributed by atoms with van der Waals surface area (Å²) in [5.41, 5.74) is 4.54. The van der Waals surface area contributed by atoms with Gasteiger partial charge in [0.25, 0.3) is 5.91 Å². The fraction of sp³-hybridized carbons (Fsp3) is 0.292. The van der Waals surface area contributed by atoms with Crippen LogP contribution in [0.15, 0.2) is 48.7 Å². The Bertz CT molecular complexity index is 1010. The van der Waals surface area contributed by atoms with Crippen LogP contribution in [0.4, 0.5) is 5.69 Å². The Morgan fingerprint density at radius 2 is 1.87 bits per heavy atom. The molecule has 0 fully saturated rings. The van der Waals surface area contributed by atoms with Gasteiger partial charge in [-0.3, -0.25) is 14.4 Å². The maximum absolute atomic E-state index is 12.6. The molecule has 1 aliphatic heterocycles. The van der Waals surface area contributed by atoms with E-state index in [-0.39, 0.29) is 12.3 Å². The molecule has 2 amide bonds. The minimum Gasteiger partial charge on any atom is -0.452 e. The maximum Gasteiger partial charge on any atom is 0.309 e. The lowest BCUT2D eigenvalue weighted by Crippen LogP contribution is -2.35. The zero-order valence-electron chi connectivity index (χ0n) is 17.6. The number of hydrogen-bond donors (Lipinski definition) is 1. The van der Waals surface area contributed by atoms with Crippen molar-refractivity contribution in [3.05, 3.63) is 70.9 Å². The smallest absolute Gasteiger partial charge is 0.309 e. The molecular formula is C24H26N2O4. The SMILES string of the molecule is CC(=O)N1C=Cc2ccccc2[C@H]1CC(=O)O[C@H](C)C(=O)Nc1ccc(C)cc1C. The normalized spacial score (nSPS) is 15.9. The van der Waals surface area contributed by atoms with Crippen LogP contribution in [-0.2, 0) is 19.1 Å². The second-order valence-electron chi connectivity index (χ2n) is 7.53. The van der Waals surface area contributed by atoms with E-state index in [2.05, 4.69) is 5.32 Å². The van der Waals surface area contributed by atoms with Crippen LogP contribution in [0.3, 0.4) is 0 Å². The Morgan fingerprint density at radius 3 is 2.57 bits per heavy atom. The maximum atomic E-state index is 12.6. The van der Waals surface area contributed by atoms with Crippen LogP contribution in [0.1, 0.15) is 48.6 Å². The number of rotatable bonds is 5. The number of carbonyl (C=O) groups excluding carboxylic acids is 3. The summed E-state index contributed by atoms with van der Waals surface area (Å²) in [7, 11) is 0. The highest BCUT2D eigenvalue weighted by molar-refractivity contribution is 5.95. The molecule has 0 radical (unpaired) electrons. The van der Waals surface area contributed by atoms with Crippen molar-refractivity contribution in [3.8, 4) is 0 Å². The van der Waals surface area contributed by atoms with Crippen molar-refractivity contribution in [2.45, 2.75) is 46.3 Å². The molecule has 1 heterocycles. The third-order valence-corrected chi connectivity index (χ3v) is 5.15. The van der Waals surface area contributed by atoms with Crippen molar-refractivity contribution in [1.82, 2.24) is 4.90 Å². The van der Waals surface area contributed by atoms with Crippen LogP contribution >= 0.6 is 0 Å². The molecule has 0 unspecified atom stereocenters. The van der Waals surface area contributed by atoms with E-state index in [9.17, 15) is 14.4 Å². The largest absolute Gasteiger partial charge is 0.452 e. The van der Waals surface area contributed by atoms with Crippen LogP contribution in [0.5, 0.6) is 0 Å². The van der Waals surface area contributed by atoms with Gasteiger partial charge in [0.15, 0.2) is 6.10 Å². The minimum absolute atomic E-state index is 0.0396. The molecule has 1 aliphatic rings. The van der Waals surface area contributed by atoms with Gasteiger partial charge in [-0.2, -0.15) is 0 Å². The summed E-state index contributed by atoms with van der Waals surface area (Å²) in [6, 6.07) is 12.8. The number of aryl methyl sites for hydroxylation is 2. The van der Waals surface area contributed by atoms with E-state index in [1.807, 2.05) is 62.4 Å². The van der Waals surface area contributed by atoms with Gasteiger partial charge >= 0.3 is 5.97 Å². The Labute approximate surface area is 176 Å². The van der Waals surface area contributed by atoms with E-state index in [0.717, 1.165) is 22.3 Å². The Morgan fingerprint density at radius 1 is 1.13 bits per heavy atom. The summed E-state index contributed by atoms with van der Waals surface area (Å²) < 4.78 is 5.38. The quantitative estimate of drug-likeness (QED) is 0.758. The molecule has 6 heteroatoms. The number of carbonyl (C=O) groups is 3. The molecule has 0 saturated heterocycles. The molecule has 2 aromatic rings. The number of amides is 2. The Hall–Kier alpha value is -3.41. The van der Waals surface area contributed by atoms with E-state index in [1.165, 1.54) is 18.7 Å². The minimum atomic E-state index is -0.960. The Kier molecular flexibility index (Phi) is 6.35. The van der Waals surface area contributed by atoms with Gasteiger partial charge in [-0.05, 0) is 49.6 Å². The van der Waals surface area contributed by atoms with Gasteiger partial charge in [-0.1, -0.05) is 42.0 Å². The molecule has 2 atom stereocenters. The summed E-state index contributed by atoms with van der Waals surface area (Å²) in [4.78, 5) is 38.7. The zero-order chi connectivity index (χ0) is 21.8. The summed E-state index contributed by atoms with van der Waals surface area (Å²) in [6.45, 7) is 6.88. The van der Waals surface area contributed by atoms with Crippen LogP contribution in [0.2, 0.25) is 0 Å². The number of ether oxygens (including phenoxy) is 1. The van der Waals surface area contributed by atoms with Crippen molar-refractivity contribution < 1.29 is 19.1 Å². The lowest BCUT2D eigenvalue weighted by Gasteiger charge is -2.32. The fourth-order valence-corrected chi connectivity index (χ4v) is 3.56. The lowest BCUT2D eigenvalue weighted by atomic mass is 9.94. The third-order valence-electron chi connectivity index (χ3n) is 5.15. The molecule has 6 nitrogen and oxygen atoms in total. The molecule has 3 rings (SSSR count). The number of nitrogens with zero attached hydrogens (tertiary/aromatic N) is 1. The second kappa shape index (κ2) is 8.95. The van der Waals surface area contributed by atoms with Gasteiger partial charge in [-0.25, -0.2) is 0 Å². The first-order valence-corrected chi connectivity index (χ1v) is 9.90. The average molecular weight is 406 g/mol. The molecule has 0 bridgehead atoms. The van der Waals surface area contributed by atoms with Gasteiger partial charge in [0.1, 0.15) is 0 Å². The number of anilines is 1. The number of fused-ring (bicyclic) bond motifs is 1. The lowest BCUT2D eigenvalue weighted by molar-refractivity contribution is -0.154. The van der Waals surface area contributed by atoms with E-state index < -0.39 is 24.0 Å². The van der Waals surface area contributed by atoms with Gasteiger partial charge in [-0.15, -0.1) is 0 Å². The molecule has 1 N–H and O–H groups in total. The van der Waals surface area contributed by atoms with Crippen molar-refractivity contribution in [2.24, 2.45) is 0 Å². The molecule has 0 saturated carbocycles. The number of esters is 1. The summed E-state index contributed by atoms with van der Waals surface area (Å²) in [5, 5.41) is 2.80. The standard InChI is InChI=1S/C24H26N2O4/c1-15-9-10-21(16(2)13-15)25-24(29)17(3)30-23(28)14-22-20-8-6-5-7-19(20)11-12-26(22)18(4)27/h5-13,17,22H,14H2,1-4H3,(H,25,29)/t17-,22-/m1/s1. The highest BCUT2D eigenvalue weighted by Gasteiger charge is 2.30. The number of benzene rings is 2. The van der Waals surface area contributed by atoms with E-state index in [0.29, 0.717) is 5.69 Å². The highest BCUT2D eigenvalue weighted by Crippen LogP contribution is 2.33. The number of hydrogen-bond acceptors (Lipinski definition) is 4. The Balaban J connectivity index is 1.67. The zero-order valence-corrected chi connectivity index (χ0v) is 17.6. The van der Waals surface area contributed by atoms with Gasteiger partial charge < -0.3 is 15.0 Å². The predicted molar refractivity (Wildman–Crippen MR) is 115 cm³/mol. The monoisotopic (exact) mass is 406 g/mol. The summed E-state index contributed by atoms with van der Waals surface area (Å²) in [5.74, 6) is -1.11. The van der Waals surface area contributed by atoms with Crippen molar-refractivity contribution in [3.63, 3.8) is 0 Å². The van der Waals surface area contributed by atoms with Crippen molar-refractivity contribution >= 4 is 29.5 Å². The van der Waals surface area contributed by atoms with Crippen LogP contribution in [0.25, 0.3) is 6.08 Å². The van der Waals surface area contributed by atoms with E-state index in [4.69, 9.17) is 4.74 Å². The predicted octanol–water partition coefficient (Wildman–Crippen LogP) is 4.14. The fourth-order valence-electron chi connectivity index (χ4n) is 3.56. The average Bonchev–Trinajstić information content (AvgIpc) is 2.69. The van der Waals surface area contributed by atoms with Crippen LogP contribution < -0.4 is 5.32 Å². The first-order chi connectivity index (χ1) is 14.3.